The Morgan fingerprint density at radius 1 is 1.22 bits per heavy atom. The first-order valence-corrected chi connectivity index (χ1v) is 7.63. The first kappa shape index (κ1) is 15.5. The number of rotatable bonds is 3. The van der Waals surface area contributed by atoms with Crippen molar-refractivity contribution in [3.05, 3.63) is 64.1 Å². The van der Waals surface area contributed by atoms with E-state index in [1.54, 1.807) is 6.07 Å². The van der Waals surface area contributed by atoms with Crippen LogP contribution in [-0.2, 0) is 0 Å². The Kier molecular flexibility index (Phi) is 4.31. The summed E-state index contributed by atoms with van der Waals surface area (Å²) in [5.41, 5.74) is 0.442. The van der Waals surface area contributed by atoms with Crippen LogP contribution in [0.25, 0.3) is 10.6 Å². The molecule has 0 aliphatic heterocycles. The highest BCUT2D eigenvalue weighted by atomic mass is 35.5. The fourth-order valence-electron chi connectivity index (χ4n) is 1.85. The van der Waals surface area contributed by atoms with E-state index in [-0.39, 0.29) is 16.5 Å². The van der Waals surface area contributed by atoms with Crippen LogP contribution in [0.5, 0.6) is 0 Å². The van der Waals surface area contributed by atoms with Crippen LogP contribution in [-0.4, -0.2) is 15.9 Å². The largest absolute Gasteiger partial charge is 0.290 e. The summed E-state index contributed by atoms with van der Waals surface area (Å²) in [4.78, 5) is 21.2. The molecule has 0 atom stereocenters. The maximum absolute atomic E-state index is 13.3. The zero-order chi connectivity index (χ0) is 16.4. The van der Waals surface area contributed by atoms with Gasteiger partial charge in [0.1, 0.15) is 0 Å². The zero-order valence-corrected chi connectivity index (χ0v) is 13.0. The molecular formula is C15H8ClF2N3OS. The molecule has 0 fully saturated rings. The third-order valence-corrected chi connectivity index (χ3v) is 4.11. The molecule has 0 saturated heterocycles. The van der Waals surface area contributed by atoms with Gasteiger partial charge in [0.15, 0.2) is 11.6 Å². The van der Waals surface area contributed by atoms with Gasteiger partial charge in [-0.15, -0.1) is 11.3 Å². The molecule has 1 amide bonds. The Hall–Kier alpha value is -2.38. The summed E-state index contributed by atoms with van der Waals surface area (Å²) in [7, 11) is 0. The number of carbonyl (C=O) groups excluding carboxylic acids is 1. The van der Waals surface area contributed by atoms with Gasteiger partial charge in [0.25, 0.3) is 5.91 Å². The summed E-state index contributed by atoms with van der Waals surface area (Å²) < 4.78 is 26.3. The first-order chi connectivity index (χ1) is 11.0. The van der Waals surface area contributed by atoms with Gasteiger partial charge in [0.2, 0.25) is 5.95 Å². The van der Waals surface area contributed by atoms with Crippen molar-refractivity contribution >= 4 is 34.8 Å². The Labute approximate surface area is 138 Å². The zero-order valence-electron chi connectivity index (χ0n) is 11.4. The molecule has 3 rings (SSSR count). The number of benzene rings is 1. The molecule has 4 nitrogen and oxygen atoms in total. The molecule has 0 bridgehead atoms. The minimum absolute atomic E-state index is 0.0432. The van der Waals surface area contributed by atoms with Crippen molar-refractivity contribution in [2.75, 3.05) is 5.32 Å². The molecule has 1 aromatic carbocycles. The molecule has 116 valence electrons. The van der Waals surface area contributed by atoms with Crippen LogP contribution in [0.15, 0.2) is 41.9 Å². The van der Waals surface area contributed by atoms with Crippen LogP contribution >= 0.6 is 22.9 Å². The third kappa shape index (κ3) is 3.35. The van der Waals surface area contributed by atoms with Crippen LogP contribution in [0.4, 0.5) is 14.7 Å². The average molecular weight is 352 g/mol. The highest BCUT2D eigenvalue weighted by Gasteiger charge is 2.16. The van der Waals surface area contributed by atoms with Crippen molar-refractivity contribution in [3.63, 3.8) is 0 Å². The maximum Gasteiger partial charge on any atom is 0.259 e. The number of hydrogen-bond acceptors (Lipinski definition) is 4. The predicted octanol–water partition coefficient (Wildman–Crippen LogP) is 4.39. The summed E-state index contributed by atoms with van der Waals surface area (Å²) in [6, 6.07) is 6.93. The number of thiophene rings is 1. The quantitative estimate of drug-likeness (QED) is 0.712. The van der Waals surface area contributed by atoms with E-state index >= 15 is 0 Å². The summed E-state index contributed by atoms with van der Waals surface area (Å²) in [6.07, 6.45) is 1.49. The third-order valence-electron chi connectivity index (χ3n) is 2.91. The molecular weight excluding hydrogens is 344 g/mol. The summed E-state index contributed by atoms with van der Waals surface area (Å²) >= 11 is 7.26. The topological polar surface area (TPSA) is 54.9 Å². The molecule has 0 aliphatic carbocycles. The molecule has 2 aromatic heterocycles. The highest BCUT2D eigenvalue weighted by Crippen LogP contribution is 2.24. The lowest BCUT2D eigenvalue weighted by Crippen LogP contribution is -2.15. The van der Waals surface area contributed by atoms with E-state index < -0.39 is 17.5 Å². The lowest BCUT2D eigenvalue weighted by molar-refractivity contribution is 0.102. The number of anilines is 1. The normalized spacial score (nSPS) is 10.6. The summed E-state index contributed by atoms with van der Waals surface area (Å²) in [5.74, 6) is -2.96. The minimum atomic E-state index is -1.16. The SMILES string of the molecule is O=C(Nc1nccc(-c2cccs2)n1)c1cc(F)c(F)cc1Cl. The lowest BCUT2D eigenvalue weighted by Gasteiger charge is -2.07. The number of hydrogen-bond donors (Lipinski definition) is 1. The van der Waals surface area contributed by atoms with Gasteiger partial charge in [0, 0.05) is 6.20 Å². The predicted molar refractivity (Wildman–Crippen MR) is 84.7 cm³/mol. The van der Waals surface area contributed by atoms with E-state index in [1.807, 2.05) is 17.5 Å². The van der Waals surface area contributed by atoms with E-state index in [9.17, 15) is 13.6 Å². The number of amides is 1. The van der Waals surface area contributed by atoms with Crippen LogP contribution in [0.1, 0.15) is 10.4 Å². The second-order valence-corrected chi connectivity index (χ2v) is 5.80. The molecule has 3 aromatic rings. The molecule has 1 N–H and O–H groups in total. The second kappa shape index (κ2) is 6.39. The molecule has 0 spiro atoms. The van der Waals surface area contributed by atoms with Gasteiger partial charge in [-0.3, -0.25) is 10.1 Å². The van der Waals surface area contributed by atoms with E-state index in [2.05, 4.69) is 15.3 Å². The van der Waals surface area contributed by atoms with Crippen LogP contribution < -0.4 is 5.32 Å². The van der Waals surface area contributed by atoms with Crippen molar-refractivity contribution in [2.24, 2.45) is 0 Å². The molecule has 0 saturated carbocycles. The number of halogens is 3. The Balaban J connectivity index is 1.86. The molecule has 23 heavy (non-hydrogen) atoms. The first-order valence-electron chi connectivity index (χ1n) is 6.37. The van der Waals surface area contributed by atoms with E-state index in [4.69, 9.17) is 11.6 Å². The Morgan fingerprint density at radius 2 is 2.00 bits per heavy atom. The number of aromatic nitrogens is 2. The monoisotopic (exact) mass is 351 g/mol. The van der Waals surface area contributed by atoms with Crippen molar-refractivity contribution in [2.45, 2.75) is 0 Å². The smallest absolute Gasteiger partial charge is 0.259 e. The van der Waals surface area contributed by atoms with Crippen LogP contribution in [0.2, 0.25) is 5.02 Å². The van der Waals surface area contributed by atoms with Gasteiger partial charge < -0.3 is 0 Å². The standard InChI is InChI=1S/C15H8ClF2N3OS/c16-9-7-11(18)10(17)6-8(9)14(22)21-15-19-4-3-12(20-15)13-2-1-5-23-13/h1-7H,(H,19,20,21,22). The van der Waals surface area contributed by atoms with Gasteiger partial charge in [-0.05, 0) is 29.6 Å². The highest BCUT2D eigenvalue weighted by molar-refractivity contribution is 7.13. The number of nitrogens with zero attached hydrogens (tertiary/aromatic N) is 2. The van der Waals surface area contributed by atoms with Gasteiger partial charge in [-0.1, -0.05) is 17.7 Å². The van der Waals surface area contributed by atoms with Crippen molar-refractivity contribution < 1.29 is 13.6 Å². The van der Waals surface area contributed by atoms with Crippen molar-refractivity contribution in [1.82, 2.24) is 9.97 Å². The molecule has 8 heteroatoms. The molecule has 0 radical (unpaired) electrons. The minimum Gasteiger partial charge on any atom is -0.290 e. The summed E-state index contributed by atoms with van der Waals surface area (Å²) in [5, 5.41) is 4.12. The van der Waals surface area contributed by atoms with Gasteiger partial charge >= 0.3 is 0 Å². The van der Waals surface area contributed by atoms with Gasteiger partial charge in [0.05, 0.1) is 21.2 Å². The fraction of sp³-hybridized carbons (Fsp3) is 0. The van der Waals surface area contributed by atoms with E-state index in [0.717, 1.165) is 17.0 Å². The van der Waals surface area contributed by atoms with Crippen molar-refractivity contribution in [3.8, 4) is 10.6 Å². The van der Waals surface area contributed by atoms with Crippen LogP contribution in [0, 0.1) is 11.6 Å². The van der Waals surface area contributed by atoms with E-state index in [0.29, 0.717) is 5.69 Å². The maximum atomic E-state index is 13.3. The molecule has 0 unspecified atom stereocenters. The van der Waals surface area contributed by atoms with Crippen molar-refractivity contribution in [1.29, 1.82) is 0 Å². The van der Waals surface area contributed by atoms with Gasteiger partial charge in [-0.2, -0.15) is 0 Å². The van der Waals surface area contributed by atoms with Crippen LogP contribution in [0.3, 0.4) is 0 Å². The average Bonchev–Trinajstić information content (AvgIpc) is 3.05. The number of carbonyl (C=O) groups is 1. The van der Waals surface area contributed by atoms with Gasteiger partial charge in [-0.25, -0.2) is 18.7 Å². The lowest BCUT2D eigenvalue weighted by atomic mass is 10.2. The van der Waals surface area contributed by atoms with E-state index in [1.165, 1.54) is 17.5 Å². The second-order valence-electron chi connectivity index (χ2n) is 4.44. The summed E-state index contributed by atoms with van der Waals surface area (Å²) in [6.45, 7) is 0. The Morgan fingerprint density at radius 3 is 2.74 bits per heavy atom. The fourth-order valence-corrected chi connectivity index (χ4v) is 2.78. The molecule has 0 aliphatic rings. The molecule has 2 heterocycles. The Bertz CT molecular complexity index is 871. The number of nitrogens with one attached hydrogen (secondary N) is 1.